The third-order valence-electron chi connectivity index (χ3n) is 6.56. The van der Waals surface area contributed by atoms with Gasteiger partial charge in [-0.25, -0.2) is 18.4 Å². The van der Waals surface area contributed by atoms with Crippen molar-refractivity contribution in [3.63, 3.8) is 0 Å². The van der Waals surface area contributed by atoms with Crippen LogP contribution < -0.4 is 5.32 Å². The molecule has 176 valence electrons. The van der Waals surface area contributed by atoms with E-state index in [0.717, 1.165) is 31.2 Å². The number of piperidine rings is 2. The standard InChI is InChI=1S/C21H32N6O3S2/c1-15-4-8-26(9-5-15)12-18-14-31-21(23-18)24-20(28)17-6-10-27(11-7-17)32(29,30)19-13-25(3)16(2)22-19/h13-15,17H,4-12H2,1-3H3,(H,23,24,28). The molecule has 2 saturated heterocycles. The number of carbonyl (C=O) groups is 1. The van der Waals surface area contributed by atoms with E-state index in [1.807, 2.05) is 5.38 Å². The molecule has 0 atom stereocenters. The van der Waals surface area contributed by atoms with Gasteiger partial charge in [-0.1, -0.05) is 6.92 Å². The summed E-state index contributed by atoms with van der Waals surface area (Å²) in [5, 5.41) is 5.64. The molecule has 1 N–H and O–H groups in total. The summed E-state index contributed by atoms with van der Waals surface area (Å²) < 4.78 is 28.8. The summed E-state index contributed by atoms with van der Waals surface area (Å²) in [5.74, 6) is 1.15. The molecule has 2 aliphatic heterocycles. The second kappa shape index (κ2) is 9.58. The van der Waals surface area contributed by atoms with Gasteiger partial charge in [0.15, 0.2) is 10.2 Å². The van der Waals surface area contributed by atoms with Crippen LogP contribution in [0.4, 0.5) is 5.13 Å². The molecule has 0 unspecified atom stereocenters. The lowest BCUT2D eigenvalue weighted by molar-refractivity contribution is -0.120. The number of hydrogen-bond donors (Lipinski definition) is 1. The summed E-state index contributed by atoms with van der Waals surface area (Å²) in [6.07, 6.45) is 4.96. The summed E-state index contributed by atoms with van der Waals surface area (Å²) in [7, 11) is -1.86. The third kappa shape index (κ3) is 5.22. The molecule has 0 aliphatic carbocycles. The Balaban J connectivity index is 1.28. The van der Waals surface area contributed by atoms with Gasteiger partial charge in [-0.2, -0.15) is 4.31 Å². The maximum Gasteiger partial charge on any atom is 0.262 e. The number of rotatable bonds is 6. The van der Waals surface area contributed by atoms with Crippen molar-refractivity contribution in [2.75, 3.05) is 31.5 Å². The van der Waals surface area contributed by atoms with E-state index in [1.54, 1.807) is 18.5 Å². The van der Waals surface area contributed by atoms with E-state index >= 15 is 0 Å². The van der Waals surface area contributed by atoms with Crippen molar-refractivity contribution >= 4 is 32.4 Å². The molecule has 2 aromatic rings. The summed E-state index contributed by atoms with van der Waals surface area (Å²) in [6.45, 7) is 7.71. The zero-order valence-corrected chi connectivity index (χ0v) is 20.6. The van der Waals surface area contributed by atoms with E-state index in [-0.39, 0.29) is 16.9 Å². The summed E-state index contributed by atoms with van der Waals surface area (Å²) >= 11 is 1.45. The molecule has 0 saturated carbocycles. The van der Waals surface area contributed by atoms with Crippen molar-refractivity contribution in [1.82, 2.24) is 23.7 Å². The van der Waals surface area contributed by atoms with Gasteiger partial charge in [0.25, 0.3) is 10.0 Å². The smallest absolute Gasteiger partial charge is 0.262 e. The molecular weight excluding hydrogens is 448 g/mol. The van der Waals surface area contributed by atoms with Crippen LogP contribution in [0.5, 0.6) is 0 Å². The van der Waals surface area contributed by atoms with Gasteiger partial charge in [0, 0.05) is 44.2 Å². The molecule has 2 fully saturated rings. The van der Waals surface area contributed by atoms with Crippen molar-refractivity contribution in [3.05, 3.63) is 23.1 Å². The van der Waals surface area contributed by atoms with E-state index in [2.05, 4.69) is 27.1 Å². The van der Waals surface area contributed by atoms with Crippen LogP contribution in [0.3, 0.4) is 0 Å². The lowest BCUT2D eigenvalue weighted by Crippen LogP contribution is -2.41. The normalized spacial score (nSPS) is 20.0. The van der Waals surface area contributed by atoms with Crippen molar-refractivity contribution in [2.45, 2.75) is 51.1 Å². The van der Waals surface area contributed by atoms with E-state index in [4.69, 9.17) is 0 Å². The molecular formula is C21H32N6O3S2. The predicted molar refractivity (Wildman–Crippen MR) is 124 cm³/mol. The minimum Gasteiger partial charge on any atom is -0.337 e. The van der Waals surface area contributed by atoms with Gasteiger partial charge in [-0.15, -0.1) is 11.3 Å². The second-order valence-corrected chi connectivity index (χ2v) is 11.8. The van der Waals surface area contributed by atoms with Crippen LogP contribution in [-0.2, 0) is 28.4 Å². The average molecular weight is 481 g/mol. The van der Waals surface area contributed by atoms with E-state index in [1.165, 1.54) is 34.7 Å². The lowest BCUT2D eigenvalue weighted by Gasteiger charge is -2.29. The fraction of sp³-hybridized carbons (Fsp3) is 0.667. The molecule has 0 radical (unpaired) electrons. The topological polar surface area (TPSA) is 100 Å². The summed E-state index contributed by atoms with van der Waals surface area (Å²) in [4.78, 5) is 23.9. The first-order valence-electron chi connectivity index (χ1n) is 11.2. The highest BCUT2D eigenvalue weighted by Crippen LogP contribution is 2.26. The number of hydrogen-bond acceptors (Lipinski definition) is 7. The maximum atomic E-state index is 12.8. The molecule has 2 aliphatic rings. The Labute approximate surface area is 193 Å². The first kappa shape index (κ1) is 23.3. The zero-order chi connectivity index (χ0) is 22.9. The number of likely N-dealkylation sites (tertiary alicyclic amines) is 1. The van der Waals surface area contributed by atoms with Crippen molar-refractivity contribution in [2.24, 2.45) is 18.9 Å². The number of anilines is 1. The summed E-state index contributed by atoms with van der Waals surface area (Å²) in [5.41, 5.74) is 0.992. The van der Waals surface area contributed by atoms with E-state index in [9.17, 15) is 13.2 Å². The Morgan fingerprint density at radius 3 is 2.47 bits per heavy atom. The Kier molecular flexibility index (Phi) is 6.99. The zero-order valence-electron chi connectivity index (χ0n) is 19.0. The Morgan fingerprint density at radius 1 is 1.16 bits per heavy atom. The predicted octanol–water partition coefficient (Wildman–Crippen LogP) is 2.46. The number of carbonyl (C=O) groups excluding carboxylic acids is 1. The van der Waals surface area contributed by atoms with Crippen LogP contribution in [0.15, 0.2) is 16.6 Å². The largest absolute Gasteiger partial charge is 0.337 e. The minimum atomic E-state index is -3.63. The van der Waals surface area contributed by atoms with E-state index < -0.39 is 10.0 Å². The Morgan fingerprint density at radius 2 is 1.84 bits per heavy atom. The molecule has 4 rings (SSSR count). The van der Waals surface area contributed by atoms with Gasteiger partial charge in [0.2, 0.25) is 5.91 Å². The molecule has 0 spiro atoms. The lowest BCUT2D eigenvalue weighted by atomic mass is 9.97. The van der Waals surface area contributed by atoms with Crippen molar-refractivity contribution < 1.29 is 13.2 Å². The van der Waals surface area contributed by atoms with Gasteiger partial charge < -0.3 is 9.88 Å². The van der Waals surface area contributed by atoms with Crippen LogP contribution in [-0.4, -0.2) is 64.2 Å². The molecule has 0 aromatic carbocycles. The molecule has 11 heteroatoms. The molecule has 9 nitrogen and oxygen atoms in total. The van der Waals surface area contributed by atoms with Crippen molar-refractivity contribution in [1.29, 1.82) is 0 Å². The van der Waals surface area contributed by atoms with Gasteiger partial charge >= 0.3 is 0 Å². The average Bonchev–Trinajstić information content (AvgIpc) is 3.36. The van der Waals surface area contributed by atoms with Gasteiger partial charge in [0.05, 0.1) is 5.69 Å². The van der Waals surface area contributed by atoms with Gasteiger partial charge in [0.1, 0.15) is 5.82 Å². The highest BCUT2D eigenvalue weighted by molar-refractivity contribution is 7.89. The first-order valence-corrected chi connectivity index (χ1v) is 13.5. The van der Waals surface area contributed by atoms with Gasteiger partial charge in [-0.05, 0) is 51.6 Å². The molecule has 2 aromatic heterocycles. The van der Waals surface area contributed by atoms with Crippen LogP contribution >= 0.6 is 11.3 Å². The SMILES string of the molecule is Cc1nc(S(=O)(=O)N2CCC(C(=O)Nc3nc(CN4CCC(C)CC4)cs3)CC2)cn1C. The molecule has 1 amide bonds. The quantitative estimate of drug-likeness (QED) is 0.682. The fourth-order valence-electron chi connectivity index (χ4n) is 4.23. The molecule has 32 heavy (non-hydrogen) atoms. The number of amides is 1. The Hall–Kier alpha value is -1.82. The number of imidazole rings is 1. The first-order chi connectivity index (χ1) is 15.2. The monoisotopic (exact) mass is 480 g/mol. The Bertz CT molecular complexity index is 1030. The van der Waals surface area contributed by atoms with Crippen LogP contribution in [0.1, 0.15) is 44.1 Å². The third-order valence-corrected chi connectivity index (χ3v) is 9.14. The summed E-state index contributed by atoms with van der Waals surface area (Å²) in [6, 6.07) is 0. The number of aryl methyl sites for hydroxylation is 2. The van der Waals surface area contributed by atoms with Crippen LogP contribution in [0, 0.1) is 18.8 Å². The number of sulfonamides is 1. The maximum absolute atomic E-state index is 12.8. The fourth-order valence-corrected chi connectivity index (χ4v) is 6.43. The number of nitrogens with one attached hydrogen (secondary N) is 1. The highest BCUT2D eigenvalue weighted by atomic mass is 32.2. The number of nitrogens with zero attached hydrogens (tertiary/aromatic N) is 5. The number of aromatic nitrogens is 3. The molecule has 0 bridgehead atoms. The van der Waals surface area contributed by atoms with E-state index in [0.29, 0.717) is 36.9 Å². The highest BCUT2D eigenvalue weighted by Gasteiger charge is 2.33. The van der Waals surface area contributed by atoms with Crippen molar-refractivity contribution in [3.8, 4) is 0 Å². The molecule has 4 heterocycles. The van der Waals surface area contributed by atoms with Gasteiger partial charge in [-0.3, -0.25) is 9.69 Å². The second-order valence-electron chi connectivity index (χ2n) is 9.01. The van der Waals surface area contributed by atoms with Crippen LogP contribution in [0.25, 0.3) is 0 Å². The number of thiazole rings is 1. The minimum absolute atomic E-state index is 0.0684. The van der Waals surface area contributed by atoms with Crippen LogP contribution in [0.2, 0.25) is 0 Å².